The Bertz CT molecular complexity index is 1380. The molecule has 2 aliphatic rings. The first-order valence-corrected chi connectivity index (χ1v) is 11.7. The molecule has 0 amide bonds. The Balaban J connectivity index is 1.64. The zero-order chi connectivity index (χ0) is 21.8. The molecule has 9 heteroatoms. The second-order valence-corrected chi connectivity index (χ2v) is 10.2. The third-order valence-corrected chi connectivity index (χ3v) is 7.82. The van der Waals surface area contributed by atoms with Crippen LogP contribution in [0.25, 0.3) is 22.4 Å². The van der Waals surface area contributed by atoms with Crippen molar-refractivity contribution in [2.45, 2.75) is 55.5 Å². The largest absolute Gasteiger partial charge is 0.320 e. The van der Waals surface area contributed by atoms with Crippen LogP contribution in [0.4, 0.5) is 0 Å². The average molecular weight is 433 g/mol. The van der Waals surface area contributed by atoms with E-state index in [4.69, 9.17) is 0 Å². The highest BCUT2D eigenvalue weighted by Gasteiger charge is 2.41. The standard InChI is InChI=1S/C22H20N6O2S/c1-22(7-8-22)27-31(29,30)16-5-6-19(25-13-16)20-18(11-24)17-9-14(10-23)12-26-21(17)28(20)15-3-2-4-15/h5-6,9,12-13,15,27H,2-4,7-8H2,1H3. The van der Waals surface area contributed by atoms with E-state index in [9.17, 15) is 18.9 Å². The summed E-state index contributed by atoms with van der Waals surface area (Å²) < 4.78 is 30.1. The molecule has 156 valence electrons. The SMILES string of the molecule is CC1(NS(=O)(=O)c2ccc(-c3c(C#N)c4cc(C#N)cnc4n3C3CCC3)nc2)CC1. The predicted molar refractivity (Wildman–Crippen MR) is 113 cm³/mol. The molecule has 1 N–H and O–H groups in total. The number of nitrogens with zero attached hydrogens (tertiary/aromatic N) is 5. The number of aromatic nitrogens is 3. The minimum absolute atomic E-state index is 0.0964. The van der Waals surface area contributed by atoms with Gasteiger partial charge < -0.3 is 4.57 Å². The molecule has 0 aromatic carbocycles. The molecule has 0 saturated heterocycles. The van der Waals surface area contributed by atoms with Gasteiger partial charge in [-0.1, -0.05) is 0 Å². The van der Waals surface area contributed by atoms with E-state index in [1.807, 2.05) is 11.5 Å². The number of nitriles is 2. The molecule has 2 aliphatic carbocycles. The van der Waals surface area contributed by atoms with E-state index >= 15 is 0 Å². The first-order chi connectivity index (χ1) is 14.8. The summed E-state index contributed by atoms with van der Waals surface area (Å²) in [7, 11) is -3.66. The number of rotatable bonds is 5. The lowest BCUT2D eigenvalue weighted by molar-refractivity contribution is 0.322. The Kier molecular flexibility index (Phi) is 4.37. The highest BCUT2D eigenvalue weighted by atomic mass is 32.2. The number of pyridine rings is 2. The highest BCUT2D eigenvalue weighted by Crippen LogP contribution is 2.41. The van der Waals surface area contributed by atoms with E-state index in [-0.39, 0.29) is 16.5 Å². The fraction of sp³-hybridized carbons (Fsp3) is 0.364. The lowest BCUT2D eigenvalue weighted by Crippen LogP contribution is -2.34. The quantitative estimate of drug-likeness (QED) is 0.659. The average Bonchev–Trinajstić information content (AvgIpc) is 3.35. The molecule has 2 saturated carbocycles. The predicted octanol–water partition coefficient (Wildman–Crippen LogP) is 3.40. The van der Waals surface area contributed by atoms with Crippen molar-refractivity contribution in [3.8, 4) is 23.5 Å². The van der Waals surface area contributed by atoms with Crippen molar-refractivity contribution in [1.29, 1.82) is 10.5 Å². The van der Waals surface area contributed by atoms with Gasteiger partial charge in [-0.15, -0.1) is 0 Å². The maximum Gasteiger partial charge on any atom is 0.242 e. The Hall–Kier alpha value is -3.27. The van der Waals surface area contributed by atoms with Gasteiger partial charge in [-0.25, -0.2) is 18.1 Å². The van der Waals surface area contributed by atoms with Crippen LogP contribution < -0.4 is 4.72 Å². The van der Waals surface area contributed by atoms with Gasteiger partial charge in [-0.3, -0.25) is 4.98 Å². The van der Waals surface area contributed by atoms with Gasteiger partial charge in [-0.05, 0) is 57.2 Å². The molecule has 31 heavy (non-hydrogen) atoms. The van der Waals surface area contributed by atoms with Crippen molar-refractivity contribution in [3.05, 3.63) is 41.7 Å². The van der Waals surface area contributed by atoms with E-state index in [2.05, 4.69) is 26.8 Å². The minimum atomic E-state index is -3.66. The van der Waals surface area contributed by atoms with Crippen LogP contribution in [-0.4, -0.2) is 28.5 Å². The number of fused-ring (bicyclic) bond motifs is 1. The van der Waals surface area contributed by atoms with Crippen LogP contribution in [0, 0.1) is 22.7 Å². The lowest BCUT2D eigenvalue weighted by Gasteiger charge is -2.29. The first-order valence-electron chi connectivity index (χ1n) is 10.2. The molecule has 0 unspecified atom stereocenters. The van der Waals surface area contributed by atoms with Gasteiger partial charge in [0.15, 0.2) is 0 Å². The number of sulfonamides is 1. The van der Waals surface area contributed by atoms with Gasteiger partial charge >= 0.3 is 0 Å². The van der Waals surface area contributed by atoms with Crippen LogP contribution in [0.3, 0.4) is 0 Å². The minimum Gasteiger partial charge on any atom is -0.320 e. The molecule has 0 spiro atoms. The van der Waals surface area contributed by atoms with Crippen molar-refractivity contribution in [3.63, 3.8) is 0 Å². The second kappa shape index (κ2) is 6.88. The summed E-state index contributed by atoms with van der Waals surface area (Å²) in [5.74, 6) is 0. The Labute approximate surface area is 180 Å². The summed E-state index contributed by atoms with van der Waals surface area (Å²) in [6.07, 6.45) is 7.52. The maximum absolute atomic E-state index is 12.7. The normalized spacial score (nSPS) is 17.6. The smallest absolute Gasteiger partial charge is 0.242 e. The molecular weight excluding hydrogens is 412 g/mol. The molecular formula is C22H20N6O2S. The second-order valence-electron chi connectivity index (χ2n) is 8.54. The molecule has 0 atom stereocenters. The summed E-state index contributed by atoms with van der Waals surface area (Å²) in [5.41, 5.74) is 2.20. The van der Waals surface area contributed by atoms with Crippen molar-refractivity contribution in [1.82, 2.24) is 19.3 Å². The lowest BCUT2D eigenvalue weighted by atomic mass is 9.92. The molecule has 0 bridgehead atoms. The van der Waals surface area contributed by atoms with Gasteiger partial charge in [0.1, 0.15) is 22.7 Å². The number of hydrogen-bond donors (Lipinski definition) is 1. The van der Waals surface area contributed by atoms with Crippen molar-refractivity contribution in [2.75, 3.05) is 0 Å². The van der Waals surface area contributed by atoms with Gasteiger partial charge in [-0.2, -0.15) is 10.5 Å². The Morgan fingerprint density at radius 2 is 1.94 bits per heavy atom. The fourth-order valence-corrected chi connectivity index (χ4v) is 5.38. The molecule has 0 radical (unpaired) electrons. The molecule has 5 rings (SSSR count). The summed E-state index contributed by atoms with van der Waals surface area (Å²) >= 11 is 0. The molecule has 3 aromatic rings. The zero-order valence-corrected chi connectivity index (χ0v) is 17.8. The summed E-state index contributed by atoms with van der Waals surface area (Å²) in [5, 5.41) is 19.8. The number of nitrogens with one attached hydrogen (secondary N) is 1. The fourth-order valence-electron chi connectivity index (χ4n) is 3.97. The molecule has 3 heterocycles. The molecule has 3 aromatic heterocycles. The van der Waals surface area contributed by atoms with Crippen LogP contribution in [0.1, 0.15) is 56.2 Å². The Morgan fingerprint density at radius 1 is 1.16 bits per heavy atom. The van der Waals surface area contributed by atoms with Gasteiger partial charge in [0.05, 0.1) is 22.5 Å². The topological polar surface area (TPSA) is 124 Å². The van der Waals surface area contributed by atoms with Gasteiger partial charge in [0.25, 0.3) is 0 Å². The monoisotopic (exact) mass is 432 g/mol. The van der Waals surface area contributed by atoms with Crippen LogP contribution in [0.2, 0.25) is 0 Å². The first kappa shape index (κ1) is 19.7. The van der Waals surface area contributed by atoms with Gasteiger partial charge in [0, 0.05) is 29.4 Å². The molecule has 2 fully saturated rings. The van der Waals surface area contributed by atoms with Crippen molar-refractivity contribution >= 4 is 21.1 Å². The summed E-state index contributed by atoms with van der Waals surface area (Å²) in [6.45, 7) is 1.88. The van der Waals surface area contributed by atoms with Crippen LogP contribution in [-0.2, 0) is 10.0 Å². The van der Waals surface area contributed by atoms with Crippen LogP contribution in [0.15, 0.2) is 35.5 Å². The van der Waals surface area contributed by atoms with E-state index in [1.54, 1.807) is 12.1 Å². The van der Waals surface area contributed by atoms with Crippen LogP contribution >= 0.6 is 0 Å². The third kappa shape index (κ3) is 3.27. The van der Waals surface area contributed by atoms with Crippen LogP contribution in [0.5, 0.6) is 0 Å². The number of hydrogen-bond acceptors (Lipinski definition) is 6. The molecule has 8 nitrogen and oxygen atoms in total. The molecule has 0 aliphatic heterocycles. The zero-order valence-electron chi connectivity index (χ0n) is 17.0. The highest BCUT2D eigenvalue weighted by molar-refractivity contribution is 7.89. The van der Waals surface area contributed by atoms with E-state index < -0.39 is 10.0 Å². The third-order valence-electron chi connectivity index (χ3n) is 6.19. The maximum atomic E-state index is 12.7. The van der Waals surface area contributed by atoms with E-state index in [0.29, 0.717) is 33.5 Å². The van der Waals surface area contributed by atoms with E-state index in [0.717, 1.165) is 32.1 Å². The Morgan fingerprint density at radius 3 is 2.48 bits per heavy atom. The summed E-state index contributed by atoms with van der Waals surface area (Å²) in [4.78, 5) is 9.00. The van der Waals surface area contributed by atoms with Gasteiger partial charge in [0.2, 0.25) is 10.0 Å². The van der Waals surface area contributed by atoms with E-state index in [1.165, 1.54) is 18.5 Å². The van der Waals surface area contributed by atoms with Crippen molar-refractivity contribution in [2.24, 2.45) is 0 Å². The van der Waals surface area contributed by atoms with Crippen molar-refractivity contribution < 1.29 is 8.42 Å². The summed E-state index contributed by atoms with van der Waals surface area (Å²) in [6, 6.07) is 9.36.